The summed E-state index contributed by atoms with van der Waals surface area (Å²) in [4.78, 5) is 31.0. The largest absolute Gasteiger partial charge is 0.458 e. The highest BCUT2D eigenvalue weighted by molar-refractivity contribution is 5.74. The van der Waals surface area contributed by atoms with Crippen molar-refractivity contribution in [2.45, 2.75) is 179 Å². The van der Waals surface area contributed by atoms with Crippen LogP contribution in [0.4, 0.5) is 4.79 Å². The molecule has 0 bridgehead atoms. The molecule has 4 saturated heterocycles. The van der Waals surface area contributed by atoms with Gasteiger partial charge in [-0.25, -0.2) is 4.79 Å². The smallest absolute Gasteiger partial charge is 0.408 e. The van der Waals surface area contributed by atoms with E-state index in [-0.39, 0.29) is 36.9 Å². The number of hydrogen-bond donors (Lipinski definition) is 4. The van der Waals surface area contributed by atoms with Crippen LogP contribution in [0.5, 0.6) is 0 Å². The molecule has 1 amide bonds. The zero-order valence-electron chi connectivity index (χ0n) is 34.4. The molecule has 53 heavy (non-hydrogen) atoms. The average Bonchev–Trinajstić information content (AvgIpc) is 3.38. The minimum Gasteiger partial charge on any atom is -0.458 e. The van der Waals surface area contributed by atoms with Crippen molar-refractivity contribution < 1.29 is 58.1 Å². The molecule has 0 radical (unpaired) electrons. The summed E-state index contributed by atoms with van der Waals surface area (Å²) < 4.78 is 43.6. The number of carbonyl (C=O) groups is 2. The Hall–Kier alpha value is -1.66. The molecule has 8 unspecified atom stereocenters. The molecule has 4 aliphatic heterocycles. The zero-order valence-corrected chi connectivity index (χ0v) is 34.4. The fourth-order valence-electron chi connectivity index (χ4n) is 9.10. The summed E-state index contributed by atoms with van der Waals surface area (Å²) >= 11 is 0. The minimum absolute atomic E-state index is 0.0886. The fraction of sp³-hybridized carbons (Fsp3) is 0.947. The molecule has 18 atom stereocenters. The van der Waals surface area contributed by atoms with Gasteiger partial charge in [-0.2, -0.15) is 0 Å². The molecule has 4 heterocycles. The van der Waals surface area contributed by atoms with Crippen molar-refractivity contribution in [2.75, 3.05) is 34.8 Å². The molecule has 0 spiro atoms. The lowest BCUT2D eigenvalue weighted by atomic mass is 9.77. The van der Waals surface area contributed by atoms with Crippen LogP contribution >= 0.6 is 0 Å². The number of cyclic esters (lactones) is 1. The van der Waals surface area contributed by atoms with Gasteiger partial charge in [-0.05, 0) is 95.3 Å². The van der Waals surface area contributed by atoms with Gasteiger partial charge in [0.15, 0.2) is 18.2 Å². The number of esters is 1. The molecule has 0 aliphatic carbocycles. The van der Waals surface area contributed by atoms with E-state index in [0.29, 0.717) is 13.0 Å². The number of nitrogens with zero attached hydrogens (tertiary/aromatic N) is 2. The highest BCUT2D eigenvalue weighted by Gasteiger charge is 2.56. The highest BCUT2D eigenvalue weighted by atomic mass is 16.7. The van der Waals surface area contributed by atoms with E-state index < -0.39 is 95.9 Å². The van der Waals surface area contributed by atoms with Crippen molar-refractivity contribution in [3.05, 3.63) is 0 Å². The van der Waals surface area contributed by atoms with Crippen molar-refractivity contribution in [3.8, 4) is 0 Å². The Balaban J connectivity index is 1.81. The van der Waals surface area contributed by atoms with Crippen LogP contribution in [0.1, 0.15) is 88.5 Å². The maximum Gasteiger partial charge on any atom is 0.408 e. The van der Waals surface area contributed by atoms with E-state index >= 15 is 0 Å². The van der Waals surface area contributed by atoms with Crippen LogP contribution in [0.25, 0.3) is 0 Å². The highest BCUT2D eigenvalue weighted by Crippen LogP contribution is 2.40. The number of amides is 1. The number of alkyl carbamates (subject to hydrolysis) is 1. The van der Waals surface area contributed by atoms with Crippen LogP contribution in [-0.2, 0) is 38.0 Å². The molecule has 15 heteroatoms. The van der Waals surface area contributed by atoms with Gasteiger partial charge in [0.2, 0.25) is 0 Å². The van der Waals surface area contributed by atoms with Crippen molar-refractivity contribution in [1.29, 1.82) is 0 Å². The number of nitrogens with one attached hydrogen (secondary N) is 1. The summed E-state index contributed by atoms with van der Waals surface area (Å²) in [6.07, 6.45) is -7.35. The molecule has 4 aliphatic rings. The molecule has 0 aromatic carbocycles. The second kappa shape index (κ2) is 16.8. The summed E-state index contributed by atoms with van der Waals surface area (Å²) in [5.74, 6) is -2.39. The van der Waals surface area contributed by atoms with Crippen LogP contribution in [0.15, 0.2) is 0 Å². The van der Waals surface area contributed by atoms with Gasteiger partial charge in [-0.1, -0.05) is 13.8 Å². The van der Waals surface area contributed by atoms with Gasteiger partial charge < -0.3 is 63.6 Å². The third-order valence-electron chi connectivity index (χ3n) is 12.7. The van der Waals surface area contributed by atoms with E-state index in [9.17, 15) is 24.9 Å². The molecule has 0 aromatic heterocycles. The van der Waals surface area contributed by atoms with Crippen molar-refractivity contribution in [2.24, 2.45) is 17.8 Å². The van der Waals surface area contributed by atoms with Crippen LogP contribution in [-0.4, -0.2) is 162 Å². The number of rotatable bonds is 6. The van der Waals surface area contributed by atoms with E-state index in [1.54, 1.807) is 41.5 Å². The Morgan fingerprint density at radius 3 is 2.21 bits per heavy atom. The zero-order chi connectivity index (χ0) is 40.0. The van der Waals surface area contributed by atoms with Crippen molar-refractivity contribution >= 4 is 12.1 Å². The summed E-state index contributed by atoms with van der Waals surface area (Å²) in [6.45, 7) is 18.7. The lowest BCUT2D eigenvalue weighted by molar-refractivity contribution is -0.318. The third-order valence-corrected chi connectivity index (χ3v) is 12.7. The average molecular weight is 760 g/mol. The minimum atomic E-state index is -1.53. The Bertz CT molecular complexity index is 1260. The van der Waals surface area contributed by atoms with Crippen LogP contribution < -0.4 is 5.32 Å². The van der Waals surface area contributed by atoms with Gasteiger partial charge in [-0.3, -0.25) is 4.79 Å². The Kier molecular flexibility index (Phi) is 14.0. The first kappa shape index (κ1) is 44.1. The molecule has 0 aromatic rings. The second-order valence-corrected chi connectivity index (χ2v) is 17.4. The molecule has 4 rings (SSSR count). The van der Waals surface area contributed by atoms with Crippen molar-refractivity contribution in [1.82, 2.24) is 15.1 Å². The summed E-state index contributed by atoms with van der Waals surface area (Å²) in [5, 5.41) is 38.0. The Labute approximate surface area is 316 Å². The van der Waals surface area contributed by atoms with Crippen LogP contribution in [0.3, 0.4) is 0 Å². The fourth-order valence-corrected chi connectivity index (χ4v) is 9.10. The van der Waals surface area contributed by atoms with Gasteiger partial charge in [-0.15, -0.1) is 0 Å². The number of carbonyl (C=O) groups excluding carboxylic acids is 2. The Morgan fingerprint density at radius 1 is 0.962 bits per heavy atom. The molecule has 4 N–H and O–H groups in total. The van der Waals surface area contributed by atoms with E-state index in [4.69, 9.17) is 33.2 Å². The summed E-state index contributed by atoms with van der Waals surface area (Å²) in [7, 11) is 7.25. The SMILES string of the molecule is COC1(C)CC(O[C@H]2[C@H](C)[C@@H](OC3OC(C)CC(N(C)C)C3O)[C@@](C)(O)C[C@@H](C)CN(C)[C@H](C)[C@H]3NC(=O)O[C@]3(C)[C@@H](C)OC(=O)[C@@H]2C)OC(C)C1O. The topological polar surface area (TPSA) is 178 Å². The van der Waals surface area contributed by atoms with E-state index in [1.165, 1.54) is 7.11 Å². The van der Waals surface area contributed by atoms with Gasteiger partial charge in [0.05, 0.1) is 47.6 Å². The van der Waals surface area contributed by atoms with Crippen LogP contribution in [0.2, 0.25) is 0 Å². The van der Waals surface area contributed by atoms with Crippen LogP contribution in [0, 0.1) is 17.8 Å². The molecular formula is C38H69N3O12. The summed E-state index contributed by atoms with van der Waals surface area (Å²) in [5.41, 5.74) is -3.74. The first-order valence-electron chi connectivity index (χ1n) is 19.3. The molecule has 15 nitrogen and oxygen atoms in total. The number of ether oxygens (including phenoxy) is 7. The van der Waals surface area contributed by atoms with E-state index in [1.807, 2.05) is 53.7 Å². The van der Waals surface area contributed by atoms with Gasteiger partial charge in [0, 0.05) is 38.1 Å². The lowest BCUT2D eigenvalue weighted by Crippen LogP contribution is -2.60. The number of methoxy groups -OCH3 is 1. The van der Waals surface area contributed by atoms with Gasteiger partial charge in [0.1, 0.15) is 18.3 Å². The second-order valence-electron chi connectivity index (χ2n) is 17.4. The predicted octanol–water partition coefficient (Wildman–Crippen LogP) is 2.27. The maximum atomic E-state index is 14.3. The van der Waals surface area contributed by atoms with Crippen molar-refractivity contribution in [3.63, 3.8) is 0 Å². The molecular weight excluding hydrogens is 690 g/mol. The normalized spacial score (nSPS) is 49.7. The molecule has 4 fully saturated rings. The number of hydrogen-bond acceptors (Lipinski definition) is 14. The number of fused-ring (bicyclic) bond motifs is 1. The Morgan fingerprint density at radius 2 is 1.60 bits per heavy atom. The number of likely N-dealkylation sites (N-methyl/N-ethyl adjacent to an activating group) is 2. The monoisotopic (exact) mass is 759 g/mol. The quantitative estimate of drug-likeness (QED) is 0.290. The number of aliphatic hydroxyl groups excluding tert-OH is 2. The standard InChI is InChI=1S/C38H69N3O12/c1-19-16-36(8,46)32(52-34-28(42)26(40(11)12)15-20(2)48-34)21(3)29(51-27-17-37(9,47-14)31(43)24(6)49-27)22(4)33(44)50-25(7)38(10)30(39-35(45)53-38)23(5)41(13)18-19/h19-32,34,42-43,46H,15-18H2,1-14H3,(H,39,45)/t19-,20?,21+,22-,23-,24?,25-,26?,27?,28?,29+,30-,31?,32-,34?,36+,37?,38-/m1/s1. The molecule has 0 saturated carbocycles. The molecule has 308 valence electrons. The first-order chi connectivity index (χ1) is 24.4. The maximum absolute atomic E-state index is 14.3. The van der Waals surface area contributed by atoms with Gasteiger partial charge in [0.25, 0.3) is 0 Å². The lowest BCUT2D eigenvalue weighted by Gasteiger charge is -2.48. The first-order valence-corrected chi connectivity index (χ1v) is 19.3. The summed E-state index contributed by atoms with van der Waals surface area (Å²) in [6, 6.07) is -1.03. The van der Waals surface area contributed by atoms with E-state index in [0.717, 1.165) is 0 Å². The third kappa shape index (κ3) is 9.32. The van der Waals surface area contributed by atoms with Gasteiger partial charge >= 0.3 is 12.1 Å². The number of aliphatic hydroxyl groups is 3. The van der Waals surface area contributed by atoms with E-state index in [2.05, 4.69) is 10.2 Å². The predicted molar refractivity (Wildman–Crippen MR) is 195 cm³/mol.